The van der Waals surface area contributed by atoms with Crippen LogP contribution in [0.25, 0.3) is 22.3 Å². The third-order valence-corrected chi connectivity index (χ3v) is 10.2. The van der Waals surface area contributed by atoms with Crippen molar-refractivity contribution < 1.29 is 55.0 Å². The van der Waals surface area contributed by atoms with Crippen molar-refractivity contribution in [2.24, 2.45) is 10.2 Å². The number of ether oxygens (including phenoxy) is 2. The molecule has 4 amide bonds. The van der Waals surface area contributed by atoms with Crippen LogP contribution >= 0.6 is 0 Å². The molecular formula is C47H30F6N4O6. The smallest absolute Gasteiger partial charge is 0.411 e. The first-order valence-electron chi connectivity index (χ1n) is 19.0. The van der Waals surface area contributed by atoms with Crippen molar-refractivity contribution in [1.29, 1.82) is 0 Å². The Balaban J connectivity index is 1.20. The molecule has 0 N–H and O–H groups in total. The van der Waals surface area contributed by atoms with Crippen molar-refractivity contribution in [3.8, 4) is 33.8 Å². The lowest BCUT2D eigenvalue weighted by molar-refractivity contribution is -0.288. The van der Waals surface area contributed by atoms with Crippen LogP contribution in [0.15, 0.2) is 180 Å². The second kappa shape index (κ2) is 16.5. The number of nitrogens with zero attached hydrogens (tertiary/aromatic N) is 4. The molecule has 0 bridgehead atoms. The van der Waals surface area contributed by atoms with Gasteiger partial charge < -0.3 is 9.47 Å². The maximum absolute atomic E-state index is 16.1. The molecule has 4 aromatic carbocycles. The first kappa shape index (κ1) is 41.8. The lowest BCUT2D eigenvalue weighted by atomic mass is 9.68. The van der Waals surface area contributed by atoms with Gasteiger partial charge in [-0.2, -0.15) is 46.6 Å². The van der Waals surface area contributed by atoms with Crippen LogP contribution in [-0.4, -0.2) is 57.4 Å². The third kappa shape index (κ3) is 8.17. The molecule has 2 aliphatic carbocycles. The highest BCUT2D eigenvalue weighted by molar-refractivity contribution is 6.14. The Morgan fingerprint density at radius 1 is 0.460 bits per heavy atom. The van der Waals surface area contributed by atoms with Gasteiger partial charge in [0.15, 0.2) is 0 Å². The average Bonchev–Trinajstić information content (AvgIpc) is 3.76. The van der Waals surface area contributed by atoms with E-state index in [2.05, 4.69) is 10.2 Å². The summed E-state index contributed by atoms with van der Waals surface area (Å²) in [5.41, 5.74) is -6.95. The number of hydrogen-bond donors (Lipinski definition) is 0. The molecular weight excluding hydrogens is 831 g/mol. The number of carbonyl (C=O) groups excluding carboxylic acids is 4. The standard InChI is InChI=1S/C47H30F6N4O6/c48-46(49,50)45(47(51,52)53,39-21-19-35(27-37(39)29-7-3-1-4-8-29)62-33-15-11-31(12-16-33)54-56-41(58)23-24-42(56)59)40-22-20-36(28-38(40)30-9-5-2-6-10-30)63-34-17-13-32(14-18-34)55-57-43(60)25-26-44(57)61/h1-11,13,15-28H,12,14H2. The Morgan fingerprint density at radius 2 is 0.825 bits per heavy atom. The van der Waals surface area contributed by atoms with Gasteiger partial charge in [-0.3, -0.25) is 19.2 Å². The molecule has 63 heavy (non-hydrogen) atoms. The molecule has 0 atom stereocenters. The minimum absolute atomic E-state index is 0.0434. The lowest BCUT2D eigenvalue weighted by Gasteiger charge is -2.40. The second-order valence-electron chi connectivity index (χ2n) is 14.2. The molecule has 4 aliphatic rings. The van der Waals surface area contributed by atoms with Crippen LogP contribution in [0.2, 0.25) is 0 Å². The Bertz CT molecular complexity index is 2570. The number of alkyl halides is 6. The fraction of sp³-hybridized carbons (Fsp3) is 0.106. The van der Waals surface area contributed by atoms with Crippen LogP contribution in [0.4, 0.5) is 26.3 Å². The highest BCUT2D eigenvalue weighted by Gasteiger charge is 2.73. The number of halogens is 6. The van der Waals surface area contributed by atoms with Gasteiger partial charge in [-0.25, -0.2) is 0 Å². The highest BCUT2D eigenvalue weighted by Crippen LogP contribution is 2.60. The van der Waals surface area contributed by atoms with Crippen molar-refractivity contribution in [2.45, 2.75) is 30.6 Å². The van der Waals surface area contributed by atoms with E-state index in [4.69, 9.17) is 9.47 Å². The van der Waals surface area contributed by atoms with Crippen molar-refractivity contribution in [3.63, 3.8) is 0 Å². The van der Waals surface area contributed by atoms with Gasteiger partial charge >= 0.3 is 12.4 Å². The van der Waals surface area contributed by atoms with Crippen LogP contribution in [-0.2, 0) is 24.6 Å². The van der Waals surface area contributed by atoms with Crippen LogP contribution in [0, 0.1) is 0 Å². The maximum Gasteiger partial charge on any atom is 0.411 e. The Labute approximate surface area is 354 Å². The van der Waals surface area contributed by atoms with E-state index in [1.54, 1.807) is 12.1 Å². The Hall–Kier alpha value is -7.88. The average molecular weight is 861 g/mol. The quantitative estimate of drug-likeness (QED) is 0.116. The predicted octanol–water partition coefficient (Wildman–Crippen LogP) is 9.44. The zero-order valence-corrected chi connectivity index (χ0v) is 32.4. The van der Waals surface area contributed by atoms with Gasteiger partial charge in [0.1, 0.15) is 23.0 Å². The first-order valence-corrected chi connectivity index (χ1v) is 19.0. The summed E-state index contributed by atoms with van der Waals surface area (Å²) in [5.74, 6) is -2.29. The fourth-order valence-electron chi connectivity index (χ4n) is 7.31. The first-order chi connectivity index (χ1) is 30.1. The number of amides is 4. The summed E-state index contributed by atoms with van der Waals surface area (Å²) < 4.78 is 109. The van der Waals surface area contributed by atoms with Crippen LogP contribution in [0.1, 0.15) is 24.0 Å². The summed E-state index contributed by atoms with van der Waals surface area (Å²) in [6.07, 6.45) is 1.34. The van der Waals surface area contributed by atoms with E-state index < -0.39 is 63.7 Å². The fourth-order valence-corrected chi connectivity index (χ4v) is 7.31. The number of carbonyl (C=O) groups is 4. The Kier molecular flexibility index (Phi) is 11.0. The summed E-state index contributed by atoms with van der Waals surface area (Å²) in [4.78, 5) is 47.8. The van der Waals surface area contributed by atoms with Crippen molar-refractivity contribution >= 4 is 35.1 Å². The van der Waals surface area contributed by atoms with Crippen LogP contribution < -0.4 is 9.47 Å². The van der Waals surface area contributed by atoms with E-state index in [1.807, 2.05) is 0 Å². The molecule has 2 heterocycles. The minimum atomic E-state index is -5.99. The second-order valence-corrected chi connectivity index (χ2v) is 14.2. The molecule has 8 rings (SSSR count). The van der Waals surface area contributed by atoms with Crippen LogP contribution in [0.3, 0.4) is 0 Å². The van der Waals surface area contributed by atoms with Crippen molar-refractivity contribution in [1.82, 2.24) is 10.0 Å². The summed E-state index contributed by atoms with van der Waals surface area (Å²) in [7, 11) is 0. The zero-order valence-electron chi connectivity index (χ0n) is 32.4. The lowest BCUT2D eigenvalue weighted by Crippen LogP contribution is -2.55. The largest absolute Gasteiger partial charge is 0.458 e. The maximum atomic E-state index is 16.1. The molecule has 0 fully saturated rings. The van der Waals surface area contributed by atoms with Gasteiger partial charge in [0.25, 0.3) is 23.6 Å². The third-order valence-electron chi connectivity index (χ3n) is 10.2. The molecule has 4 aromatic rings. The van der Waals surface area contributed by atoms with E-state index in [1.165, 1.54) is 85.0 Å². The van der Waals surface area contributed by atoms with Gasteiger partial charge in [-0.05, 0) is 94.1 Å². The number of benzene rings is 4. The summed E-state index contributed by atoms with van der Waals surface area (Å²) in [5, 5.41) is 9.45. The van der Waals surface area contributed by atoms with Gasteiger partial charge in [-0.15, -0.1) is 0 Å². The van der Waals surface area contributed by atoms with Crippen LogP contribution in [0.5, 0.6) is 11.5 Å². The topological polar surface area (TPSA) is 118 Å². The number of allylic oxidation sites excluding steroid dienone is 6. The molecule has 0 radical (unpaired) electrons. The normalized spacial score (nSPS) is 17.9. The number of imide groups is 2. The SMILES string of the molecule is O=C1C=CC(=O)N1N=C1C=CC(Oc2ccc(C(c3ccc(OC4=CCC(=NN5C(=O)C=CC5=O)C=C4)cc3-c3ccccc3)(C(F)(F)F)C(F)(F)F)c(-c3ccccc3)c2)=CC1. The van der Waals surface area contributed by atoms with Crippen molar-refractivity contribution in [3.05, 3.63) is 180 Å². The van der Waals surface area contributed by atoms with Gasteiger partial charge in [-0.1, -0.05) is 72.8 Å². The number of hydrazone groups is 2. The zero-order chi connectivity index (χ0) is 44.5. The van der Waals surface area contributed by atoms with E-state index in [0.717, 1.165) is 60.7 Å². The molecule has 0 saturated carbocycles. The van der Waals surface area contributed by atoms with E-state index in [0.29, 0.717) is 21.4 Å². The summed E-state index contributed by atoms with van der Waals surface area (Å²) in [6.45, 7) is 0. The van der Waals surface area contributed by atoms with Gasteiger partial charge in [0, 0.05) is 37.1 Å². The van der Waals surface area contributed by atoms with E-state index in [9.17, 15) is 19.2 Å². The Morgan fingerprint density at radius 3 is 1.14 bits per heavy atom. The predicted molar refractivity (Wildman–Crippen MR) is 218 cm³/mol. The molecule has 316 valence electrons. The number of hydrogen-bond acceptors (Lipinski definition) is 8. The molecule has 16 heteroatoms. The number of rotatable bonds is 10. The highest BCUT2D eigenvalue weighted by atomic mass is 19.4. The molecule has 0 unspecified atom stereocenters. The van der Waals surface area contributed by atoms with E-state index >= 15 is 26.3 Å². The molecule has 2 aliphatic heterocycles. The van der Waals surface area contributed by atoms with E-state index in [-0.39, 0.29) is 47.0 Å². The molecule has 0 spiro atoms. The summed E-state index contributed by atoms with van der Waals surface area (Å²) in [6, 6.07) is 20.5. The minimum Gasteiger partial charge on any atom is -0.458 e. The summed E-state index contributed by atoms with van der Waals surface area (Å²) >= 11 is 0. The van der Waals surface area contributed by atoms with Crippen molar-refractivity contribution in [2.75, 3.05) is 0 Å². The van der Waals surface area contributed by atoms with Gasteiger partial charge in [0.05, 0.1) is 11.4 Å². The van der Waals surface area contributed by atoms with Gasteiger partial charge in [0.2, 0.25) is 5.41 Å². The molecule has 10 nitrogen and oxygen atoms in total. The molecule has 0 saturated heterocycles. The molecule has 0 aromatic heterocycles. The monoisotopic (exact) mass is 860 g/mol.